The molecule has 1 N–H and O–H groups in total. The summed E-state index contributed by atoms with van der Waals surface area (Å²) in [5, 5.41) is 2.89. The van der Waals surface area contributed by atoms with E-state index >= 15 is 0 Å². The number of hydrogen-bond acceptors (Lipinski definition) is 5. The molecule has 6 nitrogen and oxygen atoms in total. The van der Waals surface area contributed by atoms with Crippen LogP contribution in [-0.4, -0.2) is 49.0 Å². The Kier molecular flexibility index (Phi) is 4.97. The van der Waals surface area contributed by atoms with Gasteiger partial charge in [0.1, 0.15) is 12.1 Å². The van der Waals surface area contributed by atoms with Gasteiger partial charge in [0.05, 0.1) is 5.56 Å². The molecular formula is C16H19BrN4O2. The van der Waals surface area contributed by atoms with Crippen molar-refractivity contribution < 1.29 is 9.21 Å². The van der Waals surface area contributed by atoms with Crippen molar-refractivity contribution >= 4 is 27.7 Å². The van der Waals surface area contributed by atoms with Crippen molar-refractivity contribution in [2.24, 2.45) is 0 Å². The van der Waals surface area contributed by atoms with Crippen molar-refractivity contribution in [2.75, 3.05) is 38.1 Å². The average Bonchev–Trinajstić information content (AvgIpc) is 3.00. The molecule has 0 radical (unpaired) electrons. The minimum Gasteiger partial charge on any atom is -0.457 e. The summed E-state index contributed by atoms with van der Waals surface area (Å²) in [5.74, 6) is 0.813. The number of anilines is 1. The summed E-state index contributed by atoms with van der Waals surface area (Å²) in [7, 11) is 2.13. The highest BCUT2D eigenvalue weighted by Crippen LogP contribution is 2.16. The van der Waals surface area contributed by atoms with Crippen LogP contribution in [-0.2, 0) is 6.54 Å². The molecule has 7 heteroatoms. The number of furan rings is 1. The molecule has 0 spiro atoms. The van der Waals surface area contributed by atoms with E-state index in [4.69, 9.17) is 4.42 Å². The number of pyridine rings is 1. The average molecular weight is 379 g/mol. The molecule has 0 bridgehead atoms. The van der Waals surface area contributed by atoms with Gasteiger partial charge in [-0.2, -0.15) is 0 Å². The highest BCUT2D eigenvalue weighted by molar-refractivity contribution is 9.10. The first kappa shape index (κ1) is 16.0. The fourth-order valence-electron chi connectivity index (χ4n) is 2.49. The van der Waals surface area contributed by atoms with Gasteiger partial charge < -0.3 is 19.5 Å². The summed E-state index contributed by atoms with van der Waals surface area (Å²) in [6.07, 6.45) is 3.23. The molecule has 1 saturated heterocycles. The van der Waals surface area contributed by atoms with Crippen LogP contribution in [0.3, 0.4) is 0 Å². The number of nitrogens with zero attached hydrogens (tertiary/aromatic N) is 3. The van der Waals surface area contributed by atoms with Crippen molar-refractivity contribution in [3.8, 4) is 0 Å². The van der Waals surface area contributed by atoms with Gasteiger partial charge in [0, 0.05) is 45.0 Å². The van der Waals surface area contributed by atoms with Crippen LogP contribution < -0.4 is 10.2 Å². The molecule has 2 aromatic rings. The molecule has 1 aliphatic heterocycles. The molecule has 0 aromatic carbocycles. The smallest absolute Gasteiger partial charge is 0.254 e. The Hall–Kier alpha value is -1.86. The number of aromatic nitrogens is 1. The Morgan fingerprint density at radius 2 is 2.13 bits per heavy atom. The van der Waals surface area contributed by atoms with Gasteiger partial charge in [-0.25, -0.2) is 4.98 Å². The number of hydrogen-bond donors (Lipinski definition) is 1. The predicted octanol–water partition coefficient (Wildman–Crippen LogP) is 2.12. The van der Waals surface area contributed by atoms with Crippen LogP contribution in [0.15, 0.2) is 39.7 Å². The normalized spacial score (nSPS) is 15.7. The maximum Gasteiger partial charge on any atom is 0.254 e. The number of nitrogens with one attached hydrogen (secondary N) is 1. The first-order chi connectivity index (χ1) is 11.1. The molecule has 0 unspecified atom stereocenters. The monoisotopic (exact) mass is 378 g/mol. The first-order valence-electron chi connectivity index (χ1n) is 7.52. The third-order valence-corrected chi connectivity index (χ3v) is 4.34. The highest BCUT2D eigenvalue weighted by Gasteiger charge is 2.15. The van der Waals surface area contributed by atoms with Gasteiger partial charge in [-0.3, -0.25) is 4.79 Å². The Morgan fingerprint density at radius 3 is 2.83 bits per heavy atom. The molecule has 2 aromatic heterocycles. The molecule has 3 heterocycles. The fraction of sp³-hybridized carbons (Fsp3) is 0.375. The quantitative estimate of drug-likeness (QED) is 0.882. The summed E-state index contributed by atoms with van der Waals surface area (Å²) >= 11 is 3.19. The zero-order chi connectivity index (χ0) is 16.2. The van der Waals surface area contributed by atoms with Gasteiger partial charge in [-0.05, 0) is 40.7 Å². The Labute approximate surface area is 143 Å². The summed E-state index contributed by atoms with van der Waals surface area (Å²) in [6, 6.07) is 5.61. The number of likely N-dealkylation sites (N-methyl/N-ethyl adjacent to an activating group) is 1. The fourth-order valence-corrected chi connectivity index (χ4v) is 2.83. The van der Waals surface area contributed by atoms with E-state index in [1.54, 1.807) is 12.3 Å². The van der Waals surface area contributed by atoms with Crippen LogP contribution in [0.1, 0.15) is 15.9 Å². The third-order valence-electron chi connectivity index (χ3n) is 3.92. The summed E-state index contributed by atoms with van der Waals surface area (Å²) < 4.78 is 5.63. The lowest BCUT2D eigenvalue weighted by Gasteiger charge is -2.33. The van der Waals surface area contributed by atoms with Crippen molar-refractivity contribution in [2.45, 2.75) is 6.54 Å². The number of amides is 1. The standard InChI is InChI=1S/C16H19BrN4O2/c1-20-4-6-21(7-5-20)15-8-12(2-3-18-15)10-19-16(22)13-9-14(17)23-11-13/h2-3,8-9,11H,4-7,10H2,1H3,(H,19,22). The highest BCUT2D eigenvalue weighted by atomic mass is 79.9. The minimum atomic E-state index is -0.155. The predicted molar refractivity (Wildman–Crippen MR) is 91.5 cm³/mol. The number of rotatable bonds is 4. The molecule has 3 rings (SSSR count). The van der Waals surface area contributed by atoms with E-state index < -0.39 is 0 Å². The lowest BCUT2D eigenvalue weighted by Crippen LogP contribution is -2.44. The van der Waals surface area contributed by atoms with Gasteiger partial charge in [0.15, 0.2) is 4.67 Å². The van der Waals surface area contributed by atoms with E-state index in [0.717, 1.165) is 37.6 Å². The van der Waals surface area contributed by atoms with E-state index in [2.05, 4.69) is 43.1 Å². The Morgan fingerprint density at radius 1 is 1.35 bits per heavy atom. The lowest BCUT2D eigenvalue weighted by molar-refractivity contribution is 0.0950. The lowest BCUT2D eigenvalue weighted by atomic mass is 10.2. The van der Waals surface area contributed by atoms with E-state index in [1.807, 2.05) is 12.1 Å². The molecule has 0 atom stereocenters. The van der Waals surface area contributed by atoms with Crippen molar-refractivity contribution in [3.63, 3.8) is 0 Å². The zero-order valence-corrected chi connectivity index (χ0v) is 14.5. The van der Waals surface area contributed by atoms with Gasteiger partial charge in [0.2, 0.25) is 0 Å². The Balaban J connectivity index is 1.60. The Bertz CT molecular complexity index is 680. The molecule has 0 aliphatic carbocycles. The topological polar surface area (TPSA) is 61.6 Å². The van der Waals surface area contributed by atoms with Crippen LogP contribution in [0.2, 0.25) is 0 Å². The molecule has 122 valence electrons. The number of piperazine rings is 1. The molecule has 23 heavy (non-hydrogen) atoms. The van der Waals surface area contributed by atoms with Gasteiger partial charge in [-0.15, -0.1) is 0 Å². The molecule has 1 aliphatic rings. The van der Waals surface area contributed by atoms with E-state index in [0.29, 0.717) is 16.8 Å². The first-order valence-corrected chi connectivity index (χ1v) is 8.32. The largest absolute Gasteiger partial charge is 0.457 e. The van der Waals surface area contributed by atoms with Crippen LogP contribution >= 0.6 is 15.9 Å². The molecule has 0 saturated carbocycles. The van der Waals surface area contributed by atoms with E-state index in [1.165, 1.54) is 6.26 Å². The van der Waals surface area contributed by atoms with E-state index in [9.17, 15) is 4.79 Å². The SMILES string of the molecule is CN1CCN(c2cc(CNC(=O)c3coc(Br)c3)ccn2)CC1. The van der Waals surface area contributed by atoms with Gasteiger partial charge >= 0.3 is 0 Å². The maximum absolute atomic E-state index is 12.0. The molecular weight excluding hydrogens is 360 g/mol. The second-order valence-corrected chi connectivity index (χ2v) is 6.42. The summed E-state index contributed by atoms with van der Waals surface area (Å²) in [6.45, 7) is 4.49. The van der Waals surface area contributed by atoms with Crippen LogP contribution in [0.25, 0.3) is 0 Å². The van der Waals surface area contributed by atoms with Crippen LogP contribution in [0, 0.1) is 0 Å². The molecule has 1 fully saturated rings. The van der Waals surface area contributed by atoms with Crippen molar-refractivity contribution in [1.82, 2.24) is 15.2 Å². The van der Waals surface area contributed by atoms with Gasteiger partial charge in [0.25, 0.3) is 5.91 Å². The van der Waals surface area contributed by atoms with Crippen LogP contribution in [0.5, 0.6) is 0 Å². The van der Waals surface area contributed by atoms with Crippen LogP contribution in [0.4, 0.5) is 5.82 Å². The summed E-state index contributed by atoms with van der Waals surface area (Å²) in [4.78, 5) is 21.1. The van der Waals surface area contributed by atoms with Gasteiger partial charge in [-0.1, -0.05) is 0 Å². The maximum atomic E-state index is 12.0. The number of halogens is 1. The van der Waals surface area contributed by atoms with Crippen molar-refractivity contribution in [3.05, 3.63) is 46.5 Å². The second kappa shape index (κ2) is 7.14. The number of carbonyl (C=O) groups is 1. The van der Waals surface area contributed by atoms with Crippen molar-refractivity contribution in [1.29, 1.82) is 0 Å². The van der Waals surface area contributed by atoms with E-state index in [-0.39, 0.29) is 5.91 Å². The molecule has 1 amide bonds. The summed E-state index contributed by atoms with van der Waals surface area (Å²) in [5.41, 5.74) is 1.54. The third kappa shape index (κ3) is 4.11. The minimum absolute atomic E-state index is 0.155. The number of carbonyl (C=O) groups excluding carboxylic acids is 1. The zero-order valence-electron chi connectivity index (χ0n) is 13.0. The second-order valence-electron chi connectivity index (χ2n) is 5.63.